The van der Waals surface area contributed by atoms with Crippen molar-refractivity contribution in [1.82, 2.24) is 0 Å². The minimum atomic E-state index is -5.71. The van der Waals surface area contributed by atoms with Gasteiger partial charge in [0, 0.05) is 17.1 Å². The van der Waals surface area contributed by atoms with Crippen LogP contribution in [-0.4, -0.2) is 19.4 Å². The summed E-state index contributed by atoms with van der Waals surface area (Å²) in [4.78, 5) is 11.0. The highest BCUT2D eigenvalue weighted by Crippen LogP contribution is 2.44. The van der Waals surface area contributed by atoms with Crippen LogP contribution >= 0.6 is 11.6 Å². The number of carbonyl (C=O) groups excluding carboxylic acids is 1. The topological polar surface area (TPSA) is 38.3 Å². The average molecular weight is 318 g/mol. The second-order valence-corrected chi connectivity index (χ2v) is 3.96. The summed E-state index contributed by atoms with van der Waals surface area (Å²) in [5.74, 6) is -5.36. The molecule has 1 N–H and O–H groups in total. The Bertz CT molecular complexity index is 504. The maximum atomic E-state index is 13.2. The Morgan fingerprint density at radius 2 is 1.90 bits per heavy atom. The van der Waals surface area contributed by atoms with Gasteiger partial charge in [-0.25, -0.2) is 4.79 Å². The van der Waals surface area contributed by atoms with E-state index in [0.717, 1.165) is 13.2 Å². The van der Waals surface area contributed by atoms with Crippen molar-refractivity contribution >= 4 is 23.4 Å². The average Bonchev–Trinajstić information content (AvgIpc) is 2.37. The van der Waals surface area contributed by atoms with Crippen molar-refractivity contribution in [1.29, 1.82) is 0 Å². The zero-order valence-corrected chi connectivity index (χ0v) is 10.8. The van der Waals surface area contributed by atoms with E-state index in [2.05, 4.69) is 10.1 Å². The van der Waals surface area contributed by atoms with Crippen LogP contribution in [0.1, 0.15) is 11.1 Å². The largest absolute Gasteiger partial charge is 0.458 e. The molecule has 3 nitrogen and oxygen atoms in total. The van der Waals surface area contributed by atoms with Gasteiger partial charge in [-0.05, 0) is 17.7 Å². The fourth-order valence-corrected chi connectivity index (χ4v) is 1.57. The molecule has 1 aromatic rings. The number of methoxy groups -OCH3 is 1. The molecule has 0 aliphatic heterocycles. The first kappa shape index (κ1) is 16.5. The molecule has 20 heavy (non-hydrogen) atoms. The number of nitrogens with one attached hydrogen (secondary N) is 1. The van der Waals surface area contributed by atoms with Gasteiger partial charge < -0.3 is 4.74 Å². The first-order valence-corrected chi connectivity index (χ1v) is 5.65. The Hall–Kier alpha value is -1.57. The zero-order valence-electron chi connectivity index (χ0n) is 10.0. The Morgan fingerprint density at radius 1 is 1.30 bits per heavy atom. The third-order valence-electron chi connectivity index (χ3n) is 2.39. The highest BCUT2D eigenvalue weighted by Gasteiger charge is 2.58. The van der Waals surface area contributed by atoms with E-state index in [9.17, 15) is 26.7 Å². The highest BCUT2D eigenvalue weighted by molar-refractivity contribution is 6.17. The summed E-state index contributed by atoms with van der Waals surface area (Å²) in [5.41, 5.74) is -1.34. The summed E-state index contributed by atoms with van der Waals surface area (Å²) in [7, 11) is 1.07. The molecule has 1 rings (SSSR count). The maximum Gasteiger partial charge on any atom is 0.458 e. The smallest absolute Gasteiger partial charge is 0.453 e. The van der Waals surface area contributed by atoms with E-state index in [0.29, 0.717) is 12.1 Å². The van der Waals surface area contributed by atoms with E-state index in [4.69, 9.17) is 11.6 Å². The third-order valence-corrected chi connectivity index (χ3v) is 2.68. The molecule has 9 heteroatoms. The molecule has 112 valence electrons. The predicted octanol–water partition coefficient (Wildman–Crippen LogP) is 4.26. The molecule has 0 atom stereocenters. The van der Waals surface area contributed by atoms with Gasteiger partial charge in [-0.2, -0.15) is 22.0 Å². The molecule has 0 radical (unpaired) electrons. The molecule has 0 fully saturated rings. The van der Waals surface area contributed by atoms with E-state index >= 15 is 0 Å². The minimum absolute atomic E-state index is 0.00595. The molecule has 0 bridgehead atoms. The Labute approximate surface area is 115 Å². The lowest BCUT2D eigenvalue weighted by Crippen LogP contribution is -2.33. The lowest BCUT2D eigenvalue weighted by molar-refractivity contribution is -0.289. The fraction of sp³-hybridized carbons (Fsp3) is 0.364. The number of benzene rings is 1. The van der Waals surface area contributed by atoms with E-state index in [-0.39, 0.29) is 17.1 Å². The lowest BCUT2D eigenvalue weighted by Gasteiger charge is -2.21. The molecular weight excluding hydrogens is 309 g/mol. The van der Waals surface area contributed by atoms with Gasteiger partial charge in [0.2, 0.25) is 0 Å². The first-order chi connectivity index (χ1) is 9.13. The summed E-state index contributed by atoms with van der Waals surface area (Å²) in [6, 6.07) is 2.06. The maximum absolute atomic E-state index is 13.2. The van der Waals surface area contributed by atoms with Crippen molar-refractivity contribution in [3.05, 3.63) is 29.3 Å². The van der Waals surface area contributed by atoms with Crippen LogP contribution in [0, 0.1) is 0 Å². The number of alkyl halides is 6. The second-order valence-electron chi connectivity index (χ2n) is 3.69. The Balaban J connectivity index is 3.19. The molecule has 0 aliphatic carbocycles. The predicted molar refractivity (Wildman–Crippen MR) is 62.0 cm³/mol. The quantitative estimate of drug-likeness (QED) is 0.668. The van der Waals surface area contributed by atoms with Crippen LogP contribution in [-0.2, 0) is 16.5 Å². The van der Waals surface area contributed by atoms with Crippen LogP contribution in [0.5, 0.6) is 0 Å². The van der Waals surface area contributed by atoms with Gasteiger partial charge in [0.05, 0.1) is 7.11 Å². The Morgan fingerprint density at radius 3 is 2.35 bits per heavy atom. The van der Waals surface area contributed by atoms with Crippen LogP contribution in [0.4, 0.5) is 32.4 Å². The van der Waals surface area contributed by atoms with Gasteiger partial charge >= 0.3 is 18.2 Å². The number of rotatable bonds is 3. The summed E-state index contributed by atoms with van der Waals surface area (Å²) in [5, 5.41) is 2.16. The van der Waals surface area contributed by atoms with Gasteiger partial charge in [-0.3, -0.25) is 5.32 Å². The van der Waals surface area contributed by atoms with Crippen LogP contribution in [0.25, 0.3) is 0 Å². The van der Waals surface area contributed by atoms with Gasteiger partial charge in [0.15, 0.2) is 0 Å². The standard InChI is InChI=1S/C11H9ClF5NO2/c1-20-9(19)18-8-3-2-7(4-6(8)5-12)10(13,14)11(15,16)17/h2-4H,5H2,1H3,(H,18,19). The molecule has 1 aromatic carbocycles. The third kappa shape index (κ3) is 3.30. The molecule has 0 saturated carbocycles. The van der Waals surface area contributed by atoms with Gasteiger partial charge in [-0.15, -0.1) is 11.6 Å². The molecule has 0 saturated heterocycles. The summed E-state index contributed by atoms with van der Waals surface area (Å²) < 4.78 is 67.3. The Kier molecular flexibility index (Phi) is 4.80. The molecular formula is C11H9ClF5NO2. The first-order valence-electron chi connectivity index (χ1n) is 5.12. The summed E-state index contributed by atoms with van der Waals surface area (Å²) in [6.45, 7) is 0. The van der Waals surface area contributed by atoms with Gasteiger partial charge in [-0.1, -0.05) is 6.07 Å². The van der Waals surface area contributed by atoms with Crippen molar-refractivity contribution in [2.45, 2.75) is 18.0 Å². The van der Waals surface area contributed by atoms with Crippen molar-refractivity contribution < 1.29 is 31.5 Å². The highest BCUT2D eigenvalue weighted by atomic mass is 35.5. The monoisotopic (exact) mass is 317 g/mol. The van der Waals surface area contributed by atoms with E-state index in [1.165, 1.54) is 0 Å². The van der Waals surface area contributed by atoms with Crippen LogP contribution in [0.3, 0.4) is 0 Å². The second kappa shape index (κ2) is 5.82. The van der Waals surface area contributed by atoms with E-state index in [1.807, 2.05) is 0 Å². The number of ether oxygens (including phenoxy) is 1. The van der Waals surface area contributed by atoms with E-state index < -0.39 is 23.8 Å². The molecule has 0 unspecified atom stereocenters. The van der Waals surface area contributed by atoms with Gasteiger partial charge in [0.1, 0.15) is 0 Å². The molecule has 0 heterocycles. The zero-order chi connectivity index (χ0) is 15.6. The number of halogens is 6. The normalized spacial score (nSPS) is 12.2. The van der Waals surface area contributed by atoms with Gasteiger partial charge in [0.25, 0.3) is 0 Å². The van der Waals surface area contributed by atoms with Crippen molar-refractivity contribution in [2.75, 3.05) is 12.4 Å². The lowest BCUT2D eigenvalue weighted by atomic mass is 10.0. The number of anilines is 1. The van der Waals surface area contributed by atoms with E-state index in [1.54, 1.807) is 0 Å². The van der Waals surface area contributed by atoms with Crippen molar-refractivity contribution in [2.24, 2.45) is 0 Å². The van der Waals surface area contributed by atoms with Crippen LogP contribution in [0.2, 0.25) is 0 Å². The molecule has 0 aliphatic rings. The summed E-state index contributed by atoms with van der Waals surface area (Å²) in [6.07, 6.45) is -6.61. The molecule has 0 spiro atoms. The number of hydrogen-bond donors (Lipinski definition) is 1. The number of carbonyl (C=O) groups is 1. The SMILES string of the molecule is COC(=O)Nc1ccc(C(F)(F)C(F)(F)F)cc1CCl. The fourth-order valence-electron chi connectivity index (χ4n) is 1.35. The molecule has 1 amide bonds. The number of hydrogen-bond acceptors (Lipinski definition) is 2. The van der Waals surface area contributed by atoms with Crippen LogP contribution < -0.4 is 5.32 Å². The van der Waals surface area contributed by atoms with Crippen molar-refractivity contribution in [3.8, 4) is 0 Å². The van der Waals surface area contributed by atoms with Crippen molar-refractivity contribution in [3.63, 3.8) is 0 Å². The number of amides is 1. The van der Waals surface area contributed by atoms with Crippen LogP contribution in [0.15, 0.2) is 18.2 Å². The molecule has 0 aromatic heterocycles. The summed E-state index contributed by atoms with van der Waals surface area (Å²) >= 11 is 5.48. The minimum Gasteiger partial charge on any atom is -0.453 e.